The number of Topliss-reactive ketones (excluding diaryl/α,β-unsaturated/α-hetero) is 2. The Labute approximate surface area is 169 Å². The van der Waals surface area contributed by atoms with E-state index in [2.05, 4.69) is 24.3 Å². The SMILES string of the molecule is COc1ccc(C2C(=O)[C@H]3C4c5ccccc5C(c5ccccc54)[C@@H]3C2=O)cc1. The minimum absolute atomic E-state index is 0.0305. The predicted octanol–water partition coefficient (Wildman–Crippen LogP) is 4.45. The number of hydrogen-bond donors (Lipinski definition) is 0. The molecule has 0 saturated heterocycles. The van der Waals surface area contributed by atoms with E-state index in [4.69, 9.17) is 4.74 Å². The van der Waals surface area contributed by atoms with E-state index in [9.17, 15) is 9.59 Å². The van der Waals surface area contributed by atoms with Crippen molar-refractivity contribution in [2.45, 2.75) is 17.8 Å². The average molecular weight is 380 g/mol. The summed E-state index contributed by atoms with van der Waals surface area (Å²) in [5, 5.41) is 0. The Balaban J connectivity index is 1.53. The van der Waals surface area contributed by atoms with Crippen molar-refractivity contribution in [1.29, 1.82) is 0 Å². The topological polar surface area (TPSA) is 43.4 Å². The first-order valence-corrected chi connectivity index (χ1v) is 10.1. The monoisotopic (exact) mass is 380 g/mol. The molecule has 4 aliphatic rings. The standard InChI is InChI=1S/C26H20O3/c1-29-15-12-10-14(11-13-15)20-25(27)23-21-16-6-2-3-7-17(16)22(24(23)26(20)28)19-9-5-4-8-18(19)21/h2-13,20-24H,1H3/t20?,21?,22?,23-,24-/m0/s1. The highest BCUT2D eigenvalue weighted by Gasteiger charge is 2.61. The van der Waals surface area contributed by atoms with Gasteiger partial charge in [-0.25, -0.2) is 0 Å². The van der Waals surface area contributed by atoms with Crippen LogP contribution in [-0.2, 0) is 9.59 Å². The van der Waals surface area contributed by atoms with E-state index in [1.807, 2.05) is 48.5 Å². The zero-order valence-electron chi connectivity index (χ0n) is 16.0. The quantitative estimate of drug-likeness (QED) is 0.617. The van der Waals surface area contributed by atoms with E-state index in [0.717, 1.165) is 11.3 Å². The van der Waals surface area contributed by atoms with Crippen molar-refractivity contribution in [3.8, 4) is 5.75 Å². The van der Waals surface area contributed by atoms with Crippen molar-refractivity contribution in [3.05, 3.63) is 101 Å². The number of hydrogen-bond acceptors (Lipinski definition) is 3. The first-order valence-electron chi connectivity index (χ1n) is 10.1. The summed E-state index contributed by atoms with van der Waals surface area (Å²) in [6.45, 7) is 0. The second-order valence-electron chi connectivity index (χ2n) is 8.28. The van der Waals surface area contributed by atoms with Gasteiger partial charge in [0.2, 0.25) is 0 Å². The summed E-state index contributed by atoms with van der Waals surface area (Å²) < 4.78 is 5.24. The van der Waals surface area contributed by atoms with Gasteiger partial charge in [-0.2, -0.15) is 0 Å². The minimum Gasteiger partial charge on any atom is -0.497 e. The van der Waals surface area contributed by atoms with Crippen LogP contribution in [0.2, 0.25) is 0 Å². The van der Waals surface area contributed by atoms with Gasteiger partial charge in [-0.05, 0) is 39.9 Å². The smallest absolute Gasteiger partial charge is 0.152 e. The number of carbonyl (C=O) groups is 2. The highest BCUT2D eigenvalue weighted by Crippen LogP contribution is 2.62. The Morgan fingerprint density at radius 2 is 1.03 bits per heavy atom. The molecule has 29 heavy (non-hydrogen) atoms. The van der Waals surface area contributed by atoms with E-state index in [1.54, 1.807) is 7.11 Å². The molecular weight excluding hydrogens is 360 g/mol. The Hall–Kier alpha value is -3.20. The molecule has 0 N–H and O–H groups in total. The number of ketones is 2. The molecule has 3 nitrogen and oxygen atoms in total. The normalized spacial score (nSPS) is 28.7. The lowest BCUT2D eigenvalue weighted by atomic mass is 9.55. The van der Waals surface area contributed by atoms with Crippen LogP contribution in [-0.4, -0.2) is 18.7 Å². The molecule has 0 heterocycles. The molecule has 1 saturated carbocycles. The fraction of sp³-hybridized carbons (Fsp3) is 0.231. The van der Waals surface area contributed by atoms with Gasteiger partial charge in [-0.1, -0.05) is 60.7 Å². The summed E-state index contributed by atoms with van der Waals surface area (Å²) in [4.78, 5) is 27.3. The lowest BCUT2D eigenvalue weighted by Crippen LogP contribution is -2.41. The Morgan fingerprint density at radius 1 is 0.621 bits per heavy atom. The van der Waals surface area contributed by atoms with Crippen molar-refractivity contribution in [2.75, 3.05) is 7.11 Å². The van der Waals surface area contributed by atoms with Crippen molar-refractivity contribution >= 4 is 11.6 Å². The van der Waals surface area contributed by atoms with Crippen molar-refractivity contribution in [3.63, 3.8) is 0 Å². The van der Waals surface area contributed by atoms with Crippen LogP contribution in [0.5, 0.6) is 5.75 Å². The molecule has 0 aromatic heterocycles. The van der Waals surface area contributed by atoms with E-state index in [1.165, 1.54) is 22.3 Å². The van der Waals surface area contributed by atoms with Gasteiger partial charge < -0.3 is 4.74 Å². The number of rotatable bonds is 2. The van der Waals surface area contributed by atoms with Crippen molar-refractivity contribution in [2.24, 2.45) is 11.8 Å². The maximum atomic E-state index is 13.7. The van der Waals surface area contributed by atoms with E-state index >= 15 is 0 Å². The first kappa shape index (κ1) is 16.7. The lowest BCUT2D eigenvalue weighted by Gasteiger charge is -2.46. The molecular formula is C26H20O3. The Morgan fingerprint density at radius 3 is 1.41 bits per heavy atom. The van der Waals surface area contributed by atoms with Crippen LogP contribution in [0.4, 0.5) is 0 Å². The molecule has 2 bridgehead atoms. The third kappa shape index (κ3) is 2.08. The molecule has 0 spiro atoms. The Bertz CT molecular complexity index is 1050. The zero-order chi connectivity index (χ0) is 19.7. The molecule has 0 radical (unpaired) electrons. The molecule has 7 rings (SSSR count). The fourth-order valence-electron chi connectivity index (χ4n) is 6.01. The van der Waals surface area contributed by atoms with E-state index in [0.29, 0.717) is 0 Å². The van der Waals surface area contributed by atoms with Gasteiger partial charge in [0, 0.05) is 23.7 Å². The first-order chi connectivity index (χ1) is 14.2. The maximum absolute atomic E-state index is 13.7. The van der Waals surface area contributed by atoms with Crippen LogP contribution in [0.25, 0.3) is 0 Å². The molecule has 3 aromatic rings. The third-order valence-electron chi connectivity index (χ3n) is 7.11. The number of ether oxygens (including phenoxy) is 1. The minimum atomic E-state index is -0.676. The van der Waals surface area contributed by atoms with Gasteiger partial charge >= 0.3 is 0 Å². The fourth-order valence-corrected chi connectivity index (χ4v) is 6.01. The van der Waals surface area contributed by atoms with Gasteiger partial charge in [-0.3, -0.25) is 9.59 Å². The summed E-state index contributed by atoms with van der Waals surface area (Å²) in [5.41, 5.74) is 5.65. The van der Waals surface area contributed by atoms with E-state index in [-0.39, 0.29) is 35.2 Å². The van der Waals surface area contributed by atoms with E-state index < -0.39 is 5.92 Å². The number of methoxy groups -OCH3 is 1. The maximum Gasteiger partial charge on any atom is 0.152 e. The second kappa shape index (κ2) is 5.90. The van der Waals surface area contributed by atoms with Crippen molar-refractivity contribution < 1.29 is 14.3 Å². The lowest BCUT2D eigenvalue weighted by molar-refractivity contribution is -0.125. The van der Waals surface area contributed by atoms with Crippen LogP contribution in [0, 0.1) is 11.8 Å². The molecule has 3 aromatic carbocycles. The molecule has 4 aliphatic carbocycles. The number of benzene rings is 3. The van der Waals surface area contributed by atoms with Gasteiger partial charge in [-0.15, -0.1) is 0 Å². The highest BCUT2D eigenvalue weighted by molar-refractivity contribution is 6.17. The molecule has 0 amide bonds. The van der Waals surface area contributed by atoms with Gasteiger partial charge in [0.05, 0.1) is 7.11 Å². The molecule has 0 aliphatic heterocycles. The Kier molecular flexibility index (Phi) is 3.40. The summed E-state index contributed by atoms with van der Waals surface area (Å²) in [7, 11) is 1.61. The summed E-state index contributed by atoms with van der Waals surface area (Å²) in [5.74, 6) is -0.412. The average Bonchev–Trinajstić information content (AvgIpc) is 3.04. The van der Waals surface area contributed by atoms with Crippen molar-refractivity contribution in [1.82, 2.24) is 0 Å². The second-order valence-corrected chi connectivity index (χ2v) is 8.28. The zero-order valence-corrected chi connectivity index (χ0v) is 16.0. The molecule has 2 atom stereocenters. The summed E-state index contributed by atoms with van der Waals surface area (Å²) >= 11 is 0. The summed E-state index contributed by atoms with van der Waals surface area (Å²) in [6.07, 6.45) is 0. The van der Waals surface area contributed by atoms with Gasteiger partial charge in [0.15, 0.2) is 11.6 Å². The van der Waals surface area contributed by atoms with Crippen LogP contribution < -0.4 is 4.74 Å². The molecule has 1 fully saturated rings. The molecule has 3 heteroatoms. The van der Waals surface area contributed by atoms with Gasteiger partial charge in [0.25, 0.3) is 0 Å². The van der Waals surface area contributed by atoms with Crippen LogP contribution in [0.3, 0.4) is 0 Å². The predicted molar refractivity (Wildman–Crippen MR) is 109 cm³/mol. The van der Waals surface area contributed by atoms with Crippen LogP contribution in [0.15, 0.2) is 72.8 Å². The summed E-state index contributed by atoms with van der Waals surface area (Å²) in [6, 6.07) is 24.1. The largest absolute Gasteiger partial charge is 0.497 e. The molecule has 142 valence electrons. The van der Waals surface area contributed by atoms with Crippen LogP contribution >= 0.6 is 0 Å². The van der Waals surface area contributed by atoms with Crippen LogP contribution in [0.1, 0.15) is 45.6 Å². The third-order valence-corrected chi connectivity index (χ3v) is 7.11. The number of carbonyl (C=O) groups excluding carboxylic acids is 2. The molecule has 0 unspecified atom stereocenters. The highest BCUT2D eigenvalue weighted by atomic mass is 16.5. The van der Waals surface area contributed by atoms with Gasteiger partial charge in [0.1, 0.15) is 11.7 Å².